The van der Waals surface area contributed by atoms with E-state index in [1.807, 2.05) is 37.3 Å². The third-order valence-corrected chi connectivity index (χ3v) is 6.00. The molecule has 1 aliphatic heterocycles. The first-order valence-electron chi connectivity index (χ1n) is 9.40. The average Bonchev–Trinajstić information content (AvgIpc) is 3.09. The molecule has 3 rings (SSSR count). The number of piperazine rings is 1. The van der Waals surface area contributed by atoms with Gasteiger partial charge in [0.15, 0.2) is 0 Å². The fourth-order valence-electron chi connectivity index (χ4n) is 3.14. The van der Waals surface area contributed by atoms with Gasteiger partial charge >= 0.3 is 6.09 Å². The molecule has 1 aliphatic rings. The highest BCUT2D eigenvalue weighted by Crippen LogP contribution is 2.27. The highest BCUT2D eigenvalue weighted by molar-refractivity contribution is 7.15. The second-order valence-corrected chi connectivity index (χ2v) is 7.80. The van der Waals surface area contributed by atoms with Gasteiger partial charge < -0.3 is 15.0 Å². The molecule has 7 nitrogen and oxygen atoms in total. The number of methoxy groups -OCH3 is 1. The molecule has 0 radical (unpaired) electrons. The molecule has 0 bridgehead atoms. The van der Waals surface area contributed by atoms with Gasteiger partial charge in [-0.1, -0.05) is 30.3 Å². The van der Waals surface area contributed by atoms with Crippen LogP contribution in [-0.4, -0.2) is 73.2 Å². The summed E-state index contributed by atoms with van der Waals surface area (Å²) >= 11 is 1.58. The Balaban J connectivity index is 1.42. The Kier molecular flexibility index (Phi) is 7.00. The number of thiazole rings is 1. The third kappa shape index (κ3) is 5.30. The van der Waals surface area contributed by atoms with Crippen molar-refractivity contribution in [2.24, 2.45) is 0 Å². The number of hydrogen-bond acceptors (Lipinski definition) is 6. The molecule has 28 heavy (non-hydrogen) atoms. The number of hydrogen-bond donors (Lipinski definition) is 1. The summed E-state index contributed by atoms with van der Waals surface area (Å²) in [5.74, 6) is 0.0135. The monoisotopic (exact) mass is 402 g/mol. The number of nitrogens with one attached hydrogen (secondary N) is 1. The number of carbonyl (C=O) groups excluding carboxylic acids is 2. The number of ether oxygens (including phenoxy) is 1. The largest absolute Gasteiger partial charge is 0.453 e. The Morgan fingerprint density at radius 1 is 1.18 bits per heavy atom. The highest BCUT2D eigenvalue weighted by atomic mass is 32.1. The first-order valence-corrected chi connectivity index (χ1v) is 10.2. The summed E-state index contributed by atoms with van der Waals surface area (Å²) in [5, 5.41) is 3.94. The van der Waals surface area contributed by atoms with E-state index in [4.69, 9.17) is 4.74 Å². The second-order valence-electron chi connectivity index (χ2n) is 6.72. The van der Waals surface area contributed by atoms with Gasteiger partial charge in [-0.15, -0.1) is 11.3 Å². The average molecular weight is 403 g/mol. The van der Waals surface area contributed by atoms with E-state index in [-0.39, 0.29) is 12.0 Å². The Morgan fingerprint density at radius 3 is 2.57 bits per heavy atom. The van der Waals surface area contributed by atoms with E-state index in [9.17, 15) is 9.59 Å². The van der Waals surface area contributed by atoms with Crippen molar-refractivity contribution in [1.29, 1.82) is 0 Å². The lowest BCUT2D eigenvalue weighted by atomic mass is 10.2. The predicted molar refractivity (Wildman–Crippen MR) is 109 cm³/mol. The minimum absolute atomic E-state index is 0.0135. The first-order chi connectivity index (χ1) is 13.6. The lowest BCUT2D eigenvalue weighted by molar-refractivity contribution is -0.120. The molecule has 0 aliphatic carbocycles. The molecule has 150 valence electrons. The smallest absolute Gasteiger partial charge is 0.409 e. The summed E-state index contributed by atoms with van der Waals surface area (Å²) in [5.41, 5.74) is 1.99. The molecule has 1 saturated heterocycles. The first kappa shape index (κ1) is 20.3. The lowest BCUT2D eigenvalue weighted by Gasteiger charge is -2.33. The zero-order chi connectivity index (χ0) is 19.9. The fraction of sp³-hybridized carbons (Fsp3) is 0.450. The predicted octanol–water partition coefficient (Wildman–Crippen LogP) is 2.16. The van der Waals surface area contributed by atoms with Crippen molar-refractivity contribution in [3.05, 3.63) is 40.9 Å². The van der Waals surface area contributed by atoms with E-state index in [0.717, 1.165) is 40.8 Å². The molecule has 2 heterocycles. The van der Waals surface area contributed by atoms with Gasteiger partial charge in [-0.3, -0.25) is 9.69 Å². The third-order valence-electron chi connectivity index (χ3n) is 4.79. The topological polar surface area (TPSA) is 74.8 Å². The number of amides is 2. The molecular weight excluding hydrogens is 376 g/mol. The summed E-state index contributed by atoms with van der Waals surface area (Å²) in [6, 6.07) is 10.0. The van der Waals surface area contributed by atoms with Crippen LogP contribution in [0.5, 0.6) is 0 Å². The molecule has 0 saturated carbocycles. The van der Waals surface area contributed by atoms with Gasteiger partial charge in [-0.25, -0.2) is 9.78 Å². The van der Waals surface area contributed by atoms with Gasteiger partial charge in [0.05, 0.1) is 19.2 Å². The van der Waals surface area contributed by atoms with E-state index in [1.54, 1.807) is 16.2 Å². The highest BCUT2D eigenvalue weighted by Gasteiger charge is 2.21. The number of carbonyl (C=O) groups is 2. The molecule has 8 heteroatoms. The quantitative estimate of drug-likeness (QED) is 0.802. The Bertz CT molecular complexity index is 801. The molecule has 2 amide bonds. The normalized spacial score (nSPS) is 14.7. The van der Waals surface area contributed by atoms with Crippen LogP contribution in [0.1, 0.15) is 10.6 Å². The molecule has 0 unspecified atom stereocenters. The van der Waals surface area contributed by atoms with Gasteiger partial charge in [0.1, 0.15) is 5.01 Å². The van der Waals surface area contributed by atoms with Gasteiger partial charge in [0.25, 0.3) is 0 Å². The van der Waals surface area contributed by atoms with Crippen molar-refractivity contribution in [1.82, 2.24) is 20.1 Å². The summed E-state index contributed by atoms with van der Waals surface area (Å²) in [4.78, 5) is 33.4. The van der Waals surface area contributed by atoms with Crippen LogP contribution < -0.4 is 5.32 Å². The van der Waals surface area contributed by atoms with Crippen LogP contribution in [0, 0.1) is 6.92 Å². The van der Waals surface area contributed by atoms with Crippen LogP contribution in [0.4, 0.5) is 4.79 Å². The molecule has 1 N–H and O–H groups in total. The zero-order valence-electron chi connectivity index (χ0n) is 16.3. The van der Waals surface area contributed by atoms with Crippen LogP contribution in [-0.2, 0) is 16.0 Å². The van der Waals surface area contributed by atoms with Gasteiger partial charge in [-0.2, -0.15) is 0 Å². The van der Waals surface area contributed by atoms with Crippen LogP contribution >= 0.6 is 11.3 Å². The summed E-state index contributed by atoms with van der Waals surface area (Å²) in [6.45, 7) is 6.22. The molecule has 0 spiro atoms. The van der Waals surface area contributed by atoms with Crippen molar-refractivity contribution in [3.8, 4) is 10.6 Å². The van der Waals surface area contributed by atoms with Gasteiger partial charge in [0, 0.05) is 49.7 Å². The molecule has 1 fully saturated rings. The second kappa shape index (κ2) is 9.66. The van der Waals surface area contributed by atoms with Crippen LogP contribution in [0.25, 0.3) is 10.6 Å². The molecule has 1 aromatic heterocycles. The van der Waals surface area contributed by atoms with Crippen molar-refractivity contribution < 1.29 is 14.3 Å². The van der Waals surface area contributed by atoms with Crippen molar-refractivity contribution in [2.75, 3.05) is 46.4 Å². The standard InChI is InChI=1S/C20H26N4O3S/c1-15-17(28-19(22-15)16-6-4-3-5-7-16)14-18(25)21-8-9-23-10-12-24(13-11-23)20(26)27-2/h3-7H,8-14H2,1-2H3,(H,21,25). The Morgan fingerprint density at radius 2 is 1.89 bits per heavy atom. The van der Waals surface area contributed by atoms with Crippen LogP contribution in [0.3, 0.4) is 0 Å². The van der Waals surface area contributed by atoms with E-state index in [1.165, 1.54) is 7.11 Å². The maximum atomic E-state index is 12.3. The molecular formula is C20H26N4O3S. The van der Waals surface area contributed by atoms with Crippen LogP contribution in [0.15, 0.2) is 30.3 Å². The number of aryl methyl sites for hydroxylation is 1. The fourth-order valence-corrected chi connectivity index (χ4v) is 4.21. The molecule has 0 atom stereocenters. The van der Waals surface area contributed by atoms with Crippen molar-refractivity contribution >= 4 is 23.3 Å². The number of benzene rings is 1. The number of nitrogens with zero attached hydrogens (tertiary/aromatic N) is 3. The van der Waals surface area contributed by atoms with E-state index in [0.29, 0.717) is 26.1 Å². The molecule has 2 aromatic rings. The van der Waals surface area contributed by atoms with E-state index < -0.39 is 0 Å². The number of rotatable bonds is 6. The Labute approximate surface area is 169 Å². The summed E-state index contributed by atoms with van der Waals surface area (Å²) in [7, 11) is 1.40. The summed E-state index contributed by atoms with van der Waals surface area (Å²) in [6.07, 6.45) is 0.0784. The minimum atomic E-state index is -0.275. The summed E-state index contributed by atoms with van der Waals surface area (Å²) < 4.78 is 4.74. The Hall–Kier alpha value is -2.45. The SMILES string of the molecule is COC(=O)N1CCN(CCNC(=O)Cc2sc(-c3ccccc3)nc2C)CC1. The van der Waals surface area contributed by atoms with Gasteiger partial charge in [0.2, 0.25) is 5.91 Å². The van der Waals surface area contributed by atoms with Crippen LogP contribution in [0.2, 0.25) is 0 Å². The maximum Gasteiger partial charge on any atom is 0.409 e. The maximum absolute atomic E-state index is 12.3. The van der Waals surface area contributed by atoms with Crippen molar-refractivity contribution in [3.63, 3.8) is 0 Å². The lowest BCUT2D eigenvalue weighted by Crippen LogP contribution is -2.50. The number of aromatic nitrogens is 1. The molecule has 1 aromatic carbocycles. The van der Waals surface area contributed by atoms with Gasteiger partial charge in [-0.05, 0) is 6.92 Å². The van der Waals surface area contributed by atoms with Crippen molar-refractivity contribution in [2.45, 2.75) is 13.3 Å². The zero-order valence-corrected chi connectivity index (χ0v) is 17.1. The minimum Gasteiger partial charge on any atom is -0.453 e. The van der Waals surface area contributed by atoms with E-state index in [2.05, 4.69) is 15.2 Å². The van der Waals surface area contributed by atoms with E-state index >= 15 is 0 Å².